The average molecular weight is 438 g/mol. The Kier molecular flexibility index (Phi) is 6.25. The number of hydrogen-bond acceptors (Lipinski definition) is 4. The van der Waals surface area contributed by atoms with E-state index in [1.807, 2.05) is 11.0 Å². The van der Waals surface area contributed by atoms with Crippen LogP contribution >= 0.6 is 0 Å². The third-order valence-corrected chi connectivity index (χ3v) is 6.24. The molecule has 0 radical (unpaired) electrons. The summed E-state index contributed by atoms with van der Waals surface area (Å²) < 4.78 is 25.7. The molecular weight excluding hydrogens is 410 g/mol. The van der Waals surface area contributed by atoms with Gasteiger partial charge < -0.3 is 4.90 Å². The molecule has 3 aromatic rings. The van der Waals surface area contributed by atoms with Crippen LogP contribution in [-0.4, -0.2) is 56.6 Å². The predicted molar refractivity (Wildman–Crippen MR) is 124 cm³/mol. The second kappa shape index (κ2) is 9.08. The molecule has 1 heterocycles. The molecular formula is C24H27N3O3S. The number of para-hydroxylation sites is 1. The molecule has 1 N–H and O–H groups in total. The molecule has 1 amide bonds. The van der Waals surface area contributed by atoms with Crippen LogP contribution < -0.4 is 4.72 Å². The quantitative estimate of drug-likeness (QED) is 0.643. The number of amides is 1. The Hall–Kier alpha value is -2.90. The summed E-state index contributed by atoms with van der Waals surface area (Å²) in [5.41, 5.74) is 2.46. The fourth-order valence-electron chi connectivity index (χ4n) is 4.08. The number of nitrogens with zero attached hydrogens (tertiary/aromatic N) is 2. The molecule has 6 nitrogen and oxygen atoms in total. The van der Waals surface area contributed by atoms with Gasteiger partial charge in [0.1, 0.15) is 0 Å². The smallest absolute Gasteiger partial charge is 0.229 e. The first-order valence-corrected chi connectivity index (χ1v) is 12.3. The van der Waals surface area contributed by atoms with E-state index in [9.17, 15) is 13.2 Å². The van der Waals surface area contributed by atoms with Gasteiger partial charge in [-0.3, -0.25) is 14.4 Å². The molecule has 0 bridgehead atoms. The van der Waals surface area contributed by atoms with Gasteiger partial charge >= 0.3 is 0 Å². The molecule has 7 heteroatoms. The van der Waals surface area contributed by atoms with Crippen LogP contribution in [0.4, 0.5) is 5.69 Å². The Morgan fingerprint density at radius 2 is 1.52 bits per heavy atom. The van der Waals surface area contributed by atoms with Crippen molar-refractivity contribution in [1.82, 2.24) is 9.80 Å². The summed E-state index contributed by atoms with van der Waals surface area (Å²) in [6, 6.07) is 21.9. The Balaban J connectivity index is 1.36. The van der Waals surface area contributed by atoms with Crippen molar-refractivity contribution in [3.63, 3.8) is 0 Å². The number of carbonyl (C=O) groups is 1. The third kappa shape index (κ3) is 5.42. The first-order chi connectivity index (χ1) is 14.9. The maximum atomic E-state index is 12.9. The Morgan fingerprint density at radius 3 is 2.29 bits per heavy atom. The van der Waals surface area contributed by atoms with Gasteiger partial charge in [0.05, 0.1) is 18.4 Å². The lowest BCUT2D eigenvalue weighted by Gasteiger charge is -2.35. The number of fused-ring (bicyclic) bond motifs is 1. The van der Waals surface area contributed by atoms with Crippen LogP contribution in [0.2, 0.25) is 0 Å². The van der Waals surface area contributed by atoms with Gasteiger partial charge in [0.25, 0.3) is 0 Å². The number of hydrogen-bond donors (Lipinski definition) is 1. The average Bonchev–Trinajstić information content (AvgIpc) is 2.75. The molecule has 0 atom stereocenters. The first-order valence-electron chi connectivity index (χ1n) is 10.4. The highest BCUT2D eigenvalue weighted by Gasteiger charge is 2.22. The molecule has 1 aliphatic heterocycles. The lowest BCUT2D eigenvalue weighted by atomic mass is 10.0. The van der Waals surface area contributed by atoms with Gasteiger partial charge in [-0.05, 0) is 28.0 Å². The topological polar surface area (TPSA) is 69.7 Å². The van der Waals surface area contributed by atoms with E-state index in [0.29, 0.717) is 24.3 Å². The Morgan fingerprint density at radius 1 is 0.871 bits per heavy atom. The summed E-state index contributed by atoms with van der Waals surface area (Å²) in [6.07, 6.45) is 1.29. The van der Waals surface area contributed by atoms with Crippen molar-refractivity contribution in [1.29, 1.82) is 0 Å². The first kappa shape index (κ1) is 21.3. The number of benzene rings is 3. The van der Waals surface area contributed by atoms with Crippen LogP contribution in [-0.2, 0) is 27.8 Å². The van der Waals surface area contributed by atoms with E-state index < -0.39 is 10.0 Å². The predicted octanol–water partition coefficient (Wildman–Crippen LogP) is 3.10. The van der Waals surface area contributed by atoms with Gasteiger partial charge in [-0.25, -0.2) is 8.42 Å². The summed E-state index contributed by atoms with van der Waals surface area (Å²) in [7, 11) is -3.39. The number of anilines is 1. The molecule has 1 saturated heterocycles. The van der Waals surface area contributed by atoms with Crippen molar-refractivity contribution in [2.45, 2.75) is 13.0 Å². The lowest BCUT2D eigenvalue weighted by molar-refractivity contribution is -0.132. The van der Waals surface area contributed by atoms with Crippen molar-refractivity contribution < 1.29 is 13.2 Å². The van der Waals surface area contributed by atoms with Crippen LogP contribution in [0.1, 0.15) is 11.1 Å². The van der Waals surface area contributed by atoms with Gasteiger partial charge in [0.15, 0.2) is 0 Å². The van der Waals surface area contributed by atoms with Crippen molar-refractivity contribution in [3.8, 4) is 0 Å². The molecule has 3 aromatic carbocycles. The monoisotopic (exact) mass is 437 g/mol. The van der Waals surface area contributed by atoms with Crippen LogP contribution in [0.25, 0.3) is 10.8 Å². The van der Waals surface area contributed by atoms with Gasteiger partial charge in [0, 0.05) is 32.7 Å². The van der Waals surface area contributed by atoms with Crippen molar-refractivity contribution in [3.05, 3.63) is 77.9 Å². The lowest BCUT2D eigenvalue weighted by Crippen LogP contribution is -2.48. The zero-order valence-electron chi connectivity index (χ0n) is 17.6. The highest BCUT2D eigenvalue weighted by atomic mass is 32.2. The third-order valence-electron chi connectivity index (χ3n) is 5.65. The number of carbonyl (C=O) groups excluding carboxylic acids is 1. The Bertz CT molecular complexity index is 1180. The van der Waals surface area contributed by atoms with E-state index in [1.54, 1.807) is 18.2 Å². The summed E-state index contributed by atoms with van der Waals surface area (Å²) in [4.78, 5) is 17.1. The normalized spacial score (nSPS) is 15.2. The molecule has 0 aromatic heterocycles. The van der Waals surface area contributed by atoms with E-state index in [1.165, 1.54) is 16.3 Å². The molecule has 0 unspecified atom stereocenters. The van der Waals surface area contributed by atoms with E-state index in [2.05, 4.69) is 52.1 Å². The summed E-state index contributed by atoms with van der Waals surface area (Å²) in [6.45, 7) is 3.84. The van der Waals surface area contributed by atoms with Gasteiger partial charge in [-0.15, -0.1) is 0 Å². The second-order valence-corrected chi connectivity index (χ2v) is 9.75. The molecule has 4 rings (SSSR count). The van der Waals surface area contributed by atoms with Crippen molar-refractivity contribution in [2.75, 3.05) is 37.2 Å². The van der Waals surface area contributed by atoms with Crippen LogP contribution in [0.5, 0.6) is 0 Å². The SMILES string of the molecule is CS(=O)(=O)Nc1ccccc1CC(=O)N1CCN(Cc2cccc3ccccc23)CC1. The zero-order valence-corrected chi connectivity index (χ0v) is 18.4. The molecule has 1 fully saturated rings. The minimum atomic E-state index is -3.39. The summed E-state index contributed by atoms with van der Waals surface area (Å²) >= 11 is 0. The highest BCUT2D eigenvalue weighted by molar-refractivity contribution is 7.92. The van der Waals surface area contributed by atoms with E-state index >= 15 is 0 Å². The molecule has 1 aliphatic rings. The standard InChI is InChI=1S/C24H27N3O3S/c1-31(29,30)25-23-12-5-3-8-20(23)17-24(28)27-15-13-26(14-16-27)18-21-10-6-9-19-7-2-4-11-22(19)21/h2-12,25H,13-18H2,1H3. The van der Waals surface area contributed by atoms with Crippen molar-refractivity contribution in [2.24, 2.45) is 0 Å². The molecule has 0 saturated carbocycles. The van der Waals surface area contributed by atoms with E-state index in [-0.39, 0.29) is 12.3 Å². The van der Waals surface area contributed by atoms with E-state index in [4.69, 9.17) is 0 Å². The molecule has 0 aliphatic carbocycles. The van der Waals surface area contributed by atoms with E-state index in [0.717, 1.165) is 25.9 Å². The maximum absolute atomic E-state index is 12.9. The minimum absolute atomic E-state index is 0.0209. The molecule has 0 spiro atoms. The molecule has 31 heavy (non-hydrogen) atoms. The largest absolute Gasteiger partial charge is 0.340 e. The zero-order chi connectivity index (χ0) is 21.8. The number of sulfonamides is 1. The number of nitrogens with one attached hydrogen (secondary N) is 1. The van der Waals surface area contributed by atoms with Gasteiger partial charge in [-0.2, -0.15) is 0 Å². The fraction of sp³-hybridized carbons (Fsp3) is 0.292. The molecule has 162 valence electrons. The van der Waals surface area contributed by atoms with Gasteiger partial charge in [0.2, 0.25) is 15.9 Å². The summed E-state index contributed by atoms with van der Waals surface area (Å²) in [5.74, 6) is 0.0209. The number of rotatable bonds is 6. The fourth-order valence-corrected chi connectivity index (χ4v) is 4.67. The van der Waals surface area contributed by atoms with Gasteiger partial charge in [-0.1, -0.05) is 60.7 Å². The highest BCUT2D eigenvalue weighted by Crippen LogP contribution is 2.21. The second-order valence-electron chi connectivity index (χ2n) is 8.00. The van der Waals surface area contributed by atoms with Crippen LogP contribution in [0.3, 0.4) is 0 Å². The number of piperazine rings is 1. The van der Waals surface area contributed by atoms with Crippen LogP contribution in [0.15, 0.2) is 66.7 Å². The minimum Gasteiger partial charge on any atom is -0.340 e. The maximum Gasteiger partial charge on any atom is 0.229 e. The van der Waals surface area contributed by atoms with Crippen LogP contribution in [0, 0.1) is 0 Å². The van der Waals surface area contributed by atoms with Crippen molar-refractivity contribution >= 4 is 32.4 Å². The summed E-state index contributed by atoms with van der Waals surface area (Å²) in [5, 5.41) is 2.52. The Labute approximate surface area is 183 Å².